The number of alkyl halides is 3. The van der Waals surface area contributed by atoms with Gasteiger partial charge in [-0.15, -0.1) is 0 Å². The Kier molecular flexibility index (Phi) is 8.76. The van der Waals surface area contributed by atoms with Crippen molar-refractivity contribution in [3.63, 3.8) is 0 Å². The Labute approximate surface area is 250 Å². The molecule has 3 aromatic rings. The first-order valence-electron chi connectivity index (χ1n) is 14.1. The Morgan fingerprint density at radius 1 is 0.977 bits per heavy atom. The number of carbonyl (C=O) groups is 1. The van der Waals surface area contributed by atoms with E-state index in [9.17, 15) is 22.4 Å². The van der Waals surface area contributed by atoms with E-state index in [1.807, 2.05) is 32.7 Å². The lowest BCUT2D eigenvalue weighted by Crippen LogP contribution is -2.55. The van der Waals surface area contributed by atoms with Gasteiger partial charge in [0, 0.05) is 62.3 Å². The number of likely N-dealkylation sites (N-methyl/N-ethyl adjacent to an activating group) is 1. The number of piperazine rings is 1. The maximum Gasteiger partial charge on any atom is 0.417 e. The van der Waals surface area contributed by atoms with E-state index in [4.69, 9.17) is 4.74 Å². The van der Waals surface area contributed by atoms with Gasteiger partial charge in [-0.25, -0.2) is 23.1 Å². The van der Waals surface area contributed by atoms with Crippen LogP contribution in [0.25, 0.3) is 11.1 Å². The predicted molar refractivity (Wildman–Crippen MR) is 153 cm³/mol. The molecule has 5 rings (SSSR count). The van der Waals surface area contributed by atoms with Crippen LogP contribution in [0, 0.1) is 17.5 Å². The molecule has 236 valence electrons. The van der Waals surface area contributed by atoms with E-state index in [2.05, 4.69) is 20.2 Å². The predicted octanol–water partition coefficient (Wildman–Crippen LogP) is 5.59. The Balaban J connectivity index is 1.58. The molecule has 2 saturated heterocycles. The molecule has 0 aliphatic carbocycles. The fraction of sp³-hybridized carbons (Fsp3) is 0.433. The van der Waals surface area contributed by atoms with E-state index in [-0.39, 0.29) is 35.5 Å². The summed E-state index contributed by atoms with van der Waals surface area (Å²) < 4.78 is 92.6. The van der Waals surface area contributed by atoms with Crippen molar-refractivity contribution in [1.82, 2.24) is 14.9 Å². The molecular weight excluding hydrogens is 590 g/mol. The molecule has 2 aliphatic rings. The van der Waals surface area contributed by atoms with Crippen molar-refractivity contribution in [1.29, 1.82) is 0 Å². The summed E-state index contributed by atoms with van der Waals surface area (Å²) in [5.74, 6) is -4.37. The number of halogens is 6. The first-order chi connectivity index (χ1) is 20.7. The highest BCUT2D eigenvalue weighted by Crippen LogP contribution is 2.40. The lowest BCUT2D eigenvalue weighted by atomic mass is 10.0. The lowest BCUT2D eigenvalue weighted by molar-refractivity contribution is -0.138. The largest absolute Gasteiger partial charge is 0.417 e. The van der Waals surface area contributed by atoms with Crippen LogP contribution in [0.4, 0.5) is 43.7 Å². The normalized spacial score (nSPS) is 21.5. The number of hydrogen-bond acceptors (Lipinski definition) is 7. The van der Waals surface area contributed by atoms with E-state index >= 15 is 8.78 Å². The molecule has 44 heavy (non-hydrogen) atoms. The second kappa shape index (κ2) is 12.2. The van der Waals surface area contributed by atoms with Crippen LogP contribution in [-0.2, 0) is 10.9 Å². The lowest BCUT2D eigenvalue weighted by Gasteiger charge is -2.44. The van der Waals surface area contributed by atoms with Crippen LogP contribution < -0.4 is 15.1 Å². The van der Waals surface area contributed by atoms with Crippen molar-refractivity contribution in [2.24, 2.45) is 0 Å². The van der Waals surface area contributed by atoms with E-state index in [1.165, 1.54) is 12.4 Å². The van der Waals surface area contributed by atoms with E-state index < -0.39 is 51.9 Å². The quantitative estimate of drug-likeness (QED) is 0.373. The number of nitrogens with one attached hydrogen (secondary N) is 1. The molecule has 1 N–H and O–H groups in total. The molecule has 0 spiro atoms. The molecule has 0 radical (unpaired) electrons. The van der Waals surface area contributed by atoms with Gasteiger partial charge in [0.15, 0.2) is 5.82 Å². The fourth-order valence-corrected chi connectivity index (χ4v) is 5.58. The first kappa shape index (κ1) is 31.5. The molecule has 8 nitrogen and oxygen atoms in total. The van der Waals surface area contributed by atoms with Crippen molar-refractivity contribution in [2.45, 2.75) is 45.1 Å². The fourth-order valence-electron chi connectivity index (χ4n) is 5.58. The Hall–Kier alpha value is -3.91. The third kappa shape index (κ3) is 6.32. The molecule has 0 bridgehead atoms. The number of anilines is 3. The minimum Gasteiger partial charge on any atom is -0.375 e. The Bertz CT molecular complexity index is 1520. The second-order valence-corrected chi connectivity index (χ2v) is 11.3. The minimum atomic E-state index is -5.07. The summed E-state index contributed by atoms with van der Waals surface area (Å²) in [4.78, 5) is 27.5. The summed E-state index contributed by atoms with van der Waals surface area (Å²) in [5, 5.41) is 2.25. The zero-order valence-electron chi connectivity index (χ0n) is 24.6. The molecule has 2 fully saturated rings. The third-order valence-corrected chi connectivity index (χ3v) is 8.12. The smallest absolute Gasteiger partial charge is 0.375 e. The van der Waals surface area contributed by atoms with Crippen LogP contribution in [0.3, 0.4) is 0 Å². The SMILES string of the molecule is C[C@@H]1CN(c2ncc(-c3c(F)cc(N4C[C@@H](C)N(C)[C@@H](C)C4)c(NC(=O)c4ccc(F)cc4C(F)(F)F)c3F)cn2)CCO1. The van der Waals surface area contributed by atoms with Crippen LogP contribution >= 0.6 is 0 Å². The van der Waals surface area contributed by atoms with Crippen LogP contribution in [0.15, 0.2) is 36.7 Å². The van der Waals surface area contributed by atoms with Gasteiger partial charge in [-0.1, -0.05) is 0 Å². The summed E-state index contributed by atoms with van der Waals surface area (Å²) in [6.45, 7) is 7.90. The van der Waals surface area contributed by atoms with Gasteiger partial charge in [-0.3, -0.25) is 9.69 Å². The number of carbonyl (C=O) groups excluding carboxylic acids is 1. The zero-order chi connectivity index (χ0) is 31.9. The van der Waals surface area contributed by atoms with Crippen molar-refractivity contribution in [3.8, 4) is 11.1 Å². The van der Waals surface area contributed by atoms with Crippen molar-refractivity contribution in [2.75, 3.05) is 55.0 Å². The van der Waals surface area contributed by atoms with Gasteiger partial charge >= 0.3 is 6.18 Å². The summed E-state index contributed by atoms with van der Waals surface area (Å²) in [7, 11) is 1.91. The van der Waals surface area contributed by atoms with Gasteiger partial charge in [0.05, 0.1) is 35.1 Å². The number of nitrogens with zero attached hydrogens (tertiary/aromatic N) is 5. The Morgan fingerprint density at radius 2 is 1.64 bits per heavy atom. The van der Waals surface area contributed by atoms with Crippen molar-refractivity contribution in [3.05, 3.63) is 65.2 Å². The monoisotopic (exact) mass is 622 g/mol. The highest BCUT2D eigenvalue weighted by molar-refractivity contribution is 6.07. The van der Waals surface area contributed by atoms with E-state index in [0.29, 0.717) is 50.9 Å². The molecule has 1 aromatic heterocycles. The number of benzene rings is 2. The summed E-state index contributed by atoms with van der Waals surface area (Å²) in [6.07, 6.45) is -2.63. The summed E-state index contributed by atoms with van der Waals surface area (Å²) in [6, 6.07) is 2.52. The maximum atomic E-state index is 16.4. The van der Waals surface area contributed by atoms with Gasteiger partial charge in [-0.05, 0) is 46.0 Å². The van der Waals surface area contributed by atoms with Gasteiger partial charge in [-0.2, -0.15) is 13.2 Å². The standard InChI is InChI=1S/C30H32F6N6O2/c1-16-13-42(14-17(2)40(16)4)24-10-23(32)25(19-11-37-29(38-12-19)41-7-8-44-18(3)15-41)26(33)27(24)39-28(43)21-6-5-20(31)9-22(21)30(34,35)36/h5-6,9-12,16-18H,7-8,13-15H2,1-4H3,(H,39,43)/t16-,17+,18-/m1/s1. The van der Waals surface area contributed by atoms with Gasteiger partial charge in [0.25, 0.3) is 5.91 Å². The minimum absolute atomic E-state index is 0.0371. The molecule has 0 saturated carbocycles. The third-order valence-electron chi connectivity index (χ3n) is 8.12. The average molecular weight is 623 g/mol. The van der Waals surface area contributed by atoms with E-state index in [0.717, 1.165) is 6.07 Å². The number of ether oxygens (including phenoxy) is 1. The molecular formula is C30H32F6N6O2. The number of morpholine rings is 1. The van der Waals surface area contributed by atoms with Gasteiger partial charge < -0.3 is 19.9 Å². The summed E-state index contributed by atoms with van der Waals surface area (Å²) >= 11 is 0. The van der Waals surface area contributed by atoms with Crippen LogP contribution in [-0.4, -0.2) is 78.8 Å². The maximum absolute atomic E-state index is 16.4. The number of amides is 1. The Morgan fingerprint density at radius 3 is 2.25 bits per heavy atom. The van der Waals surface area contributed by atoms with Crippen molar-refractivity contribution < 1.29 is 35.9 Å². The topological polar surface area (TPSA) is 73.8 Å². The zero-order valence-corrected chi connectivity index (χ0v) is 24.6. The highest BCUT2D eigenvalue weighted by Gasteiger charge is 2.37. The van der Waals surface area contributed by atoms with Crippen LogP contribution in [0.5, 0.6) is 0 Å². The summed E-state index contributed by atoms with van der Waals surface area (Å²) in [5.41, 5.74) is -3.59. The molecule has 1 amide bonds. The molecule has 2 aromatic carbocycles. The van der Waals surface area contributed by atoms with Gasteiger partial charge in [0.1, 0.15) is 17.3 Å². The first-order valence-corrected chi connectivity index (χ1v) is 14.1. The highest BCUT2D eigenvalue weighted by atomic mass is 19.4. The number of rotatable bonds is 5. The van der Waals surface area contributed by atoms with Crippen LogP contribution in [0.1, 0.15) is 36.7 Å². The van der Waals surface area contributed by atoms with Crippen LogP contribution in [0.2, 0.25) is 0 Å². The van der Waals surface area contributed by atoms with Crippen molar-refractivity contribution >= 4 is 23.2 Å². The second-order valence-electron chi connectivity index (χ2n) is 11.3. The molecule has 0 unspecified atom stereocenters. The number of hydrogen-bond donors (Lipinski definition) is 1. The molecule has 3 atom stereocenters. The molecule has 2 aliphatic heterocycles. The number of aromatic nitrogens is 2. The molecule has 14 heteroatoms. The molecule has 3 heterocycles. The van der Waals surface area contributed by atoms with Gasteiger partial charge in [0.2, 0.25) is 5.95 Å². The van der Waals surface area contributed by atoms with E-state index in [1.54, 1.807) is 4.90 Å². The average Bonchev–Trinajstić information content (AvgIpc) is 2.96.